The lowest BCUT2D eigenvalue weighted by atomic mass is 10.1. The normalized spacial score (nSPS) is 10.5. The van der Waals surface area contributed by atoms with Gasteiger partial charge >= 0.3 is 0 Å². The lowest BCUT2D eigenvalue weighted by Crippen LogP contribution is -1.87. The van der Waals surface area contributed by atoms with E-state index in [-0.39, 0.29) is 0 Å². The van der Waals surface area contributed by atoms with Gasteiger partial charge in [0.2, 0.25) is 5.88 Å². The second-order valence-electron chi connectivity index (χ2n) is 4.94. The highest BCUT2D eigenvalue weighted by molar-refractivity contribution is 5.65. The fourth-order valence-electron chi connectivity index (χ4n) is 2.06. The number of nitrogens with zero attached hydrogens (tertiary/aromatic N) is 1. The highest BCUT2D eigenvalue weighted by Gasteiger charge is 2.06. The van der Waals surface area contributed by atoms with Crippen LogP contribution in [0.15, 0.2) is 59.1 Å². The lowest BCUT2D eigenvalue weighted by Gasteiger charge is -2.01. The van der Waals surface area contributed by atoms with Crippen molar-refractivity contribution in [2.24, 2.45) is 0 Å². The van der Waals surface area contributed by atoms with Crippen LogP contribution >= 0.6 is 0 Å². The Morgan fingerprint density at radius 2 is 1.70 bits per heavy atom. The summed E-state index contributed by atoms with van der Waals surface area (Å²) in [4.78, 5) is 0. The first-order valence-corrected chi connectivity index (χ1v) is 6.58. The fourth-order valence-corrected chi connectivity index (χ4v) is 2.06. The zero-order valence-corrected chi connectivity index (χ0v) is 11.6. The first kappa shape index (κ1) is 12.5. The molecule has 0 bridgehead atoms. The van der Waals surface area contributed by atoms with Crippen LogP contribution in [-0.2, 0) is 0 Å². The van der Waals surface area contributed by atoms with Gasteiger partial charge in [0.05, 0.1) is 0 Å². The highest BCUT2D eigenvalue weighted by atomic mass is 16.5. The maximum atomic E-state index is 5.33. The summed E-state index contributed by atoms with van der Waals surface area (Å²) >= 11 is 0. The molecule has 0 aliphatic heterocycles. The van der Waals surface area contributed by atoms with Crippen LogP contribution < -0.4 is 5.32 Å². The minimum absolute atomic E-state index is 0.645. The quantitative estimate of drug-likeness (QED) is 0.745. The monoisotopic (exact) mass is 264 g/mol. The molecule has 3 heteroatoms. The topological polar surface area (TPSA) is 38.1 Å². The Hall–Kier alpha value is -2.55. The molecule has 0 unspecified atom stereocenters. The van der Waals surface area contributed by atoms with Crippen molar-refractivity contribution >= 4 is 11.6 Å². The van der Waals surface area contributed by atoms with E-state index in [0.717, 1.165) is 16.9 Å². The van der Waals surface area contributed by atoms with Gasteiger partial charge in [0.15, 0.2) is 0 Å². The van der Waals surface area contributed by atoms with Gasteiger partial charge in [-0.2, -0.15) is 0 Å². The van der Waals surface area contributed by atoms with E-state index >= 15 is 0 Å². The van der Waals surface area contributed by atoms with E-state index in [1.165, 1.54) is 11.1 Å². The summed E-state index contributed by atoms with van der Waals surface area (Å²) in [5, 5.41) is 7.31. The zero-order valence-electron chi connectivity index (χ0n) is 11.6. The molecule has 2 aromatic carbocycles. The van der Waals surface area contributed by atoms with Gasteiger partial charge in [-0.05, 0) is 31.5 Å². The van der Waals surface area contributed by atoms with Crippen LogP contribution in [0, 0.1) is 13.8 Å². The van der Waals surface area contributed by atoms with Crippen LogP contribution in [0.1, 0.15) is 11.1 Å². The molecule has 20 heavy (non-hydrogen) atoms. The van der Waals surface area contributed by atoms with Crippen LogP contribution in [0.2, 0.25) is 0 Å². The number of benzene rings is 2. The van der Waals surface area contributed by atoms with E-state index in [1.54, 1.807) is 0 Å². The molecule has 0 aliphatic carbocycles. The first-order chi connectivity index (χ1) is 9.70. The Morgan fingerprint density at radius 3 is 2.45 bits per heavy atom. The van der Waals surface area contributed by atoms with Crippen LogP contribution in [-0.4, -0.2) is 5.16 Å². The van der Waals surface area contributed by atoms with Gasteiger partial charge in [-0.3, -0.25) is 0 Å². The summed E-state index contributed by atoms with van der Waals surface area (Å²) in [6.45, 7) is 4.13. The molecular formula is C17H16N2O. The summed E-state index contributed by atoms with van der Waals surface area (Å²) < 4.78 is 5.33. The standard InChI is InChI=1S/C17H16N2O/c1-12-6-8-14(9-7-12)16-11-17(20-19-16)18-15-5-3-4-13(2)10-15/h3-11,18H,1-2H3. The minimum Gasteiger partial charge on any atom is -0.338 e. The highest BCUT2D eigenvalue weighted by Crippen LogP contribution is 2.24. The first-order valence-electron chi connectivity index (χ1n) is 6.58. The number of hydrogen-bond acceptors (Lipinski definition) is 3. The second-order valence-corrected chi connectivity index (χ2v) is 4.94. The summed E-state index contributed by atoms with van der Waals surface area (Å²) in [7, 11) is 0. The van der Waals surface area contributed by atoms with E-state index in [1.807, 2.05) is 30.3 Å². The number of hydrogen-bond donors (Lipinski definition) is 1. The number of aromatic nitrogens is 1. The molecule has 100 valence electrons. The van der Waals surface area contributed by atoms with Crippen LogP contribution in [0.5, 0.6) is 0 Å². The van der Waals surface area contributed by atoms with Gasteiger partial charge < -0.3 is 9.84 Å². The Bertz CT molecular complexity index is 714. The fraction of sp³-hybridized carbons (Fsp3) is 0.118. The molecule has 0 atom stereocenters. The third kappa shape index (κ3) is 2.72. The maximum Gasteiger partial charge on any atom is 0.229 e. The molecule has 0 spiro atoms. The Balaban J connectivity index is 1.82. The molecule has 0 amide bonds. The van der Waals surface area contributed by atoms with Crippen molar-refractivity contribution in [1.29, 1.82) is 0 Å². The SMILES string of the molecule is Cc1ccc(-c2cc(Nc3cccc(C)c3)on2)cc1. The van der Waals surface area contributed by atoms with Crippen molar-refractivity contribution in [3.05, 3.63) is 65.7 Å². The van der Waals surface area contributed by atoms with Crippen molar-refractivity contribution in [2.75, 3.05) is 5.32 Å². The Labute approximate surface area is 118 Å². The molecule has 1 heterocycles. The summed E-state index contributed by atoms with van der Waals surface area (Å²) in [6.07, 6.45) is 0. The molecule has 0 radical (unpaired) electrons. The molecule has 1 N–H and O–H groups in total. The van der Waals surface area contributed by atoms with Gasteiger partial charge in [0.25, 0.3) is 0 Å². The van der Waals surface area contributed by atoms with E-state index in [9.17, 15) is 0 Å². The number of aryl methyl sites for hydroxylation is 2. The molecule has 0 aliphatic rings. The van der Waals surface area contributed by atoms with Gasteiger partial charge in [-0.25, -0.2) is 0 Å². The lowest BCUT2D eigenvalue weighted by molar-refractivity contribution is 0.438. The third-order valence-corrected chi connectivity index (χ3v) is 3.14. The van der Waals surface area contributed by atoms with E-state index in [2.05, 4.69) is 48.6 Å². The van der Waals surface area contributed by atoms with Gasteiger partial charge in [0.1, 0.15) is 5.69 Å². The third-order valence-electron chi connectivity index (χ3n) is 3.14. The molecule has 0 saturated heterocycles. The predicted octanol–water partition coefficient (Wildman–Crippen LogP) is 4.70. The molecule has 1 aromatic heterocycles. The van der Waals surface area contributed by atoms with Crippen molar-refractivity contribution in [3.63, 3.8) is 0 Å². The average molecular weight is 264 g/mol. The molecule has 3 aromatic rings. The van der Waals surface area contributed by atoms with E-state index in [4.69, 9.17) is 4.52 Å². The van der Waals surface area contributed by atoms with Crippen molar-refractivity contribution in [3.8, 4) is 11.3 Å². The maximum absolute atomic E-state index is 5.33. The number of rotatable bonds is 3. The number of anilines is 2. The van der Waals surface area contributed by atoms with Gasteiger partial charge in [0, 0.05) is 17.3 Å². The van der Waals surface area contributed by atoms with E-state index < -0.39 is 0 Å². The van der Waals surface area contributed by atoms with Crippen molar-refractivity contribution in [1.82, 2.24) is 5.16 Å². The van der Waals surface area contributed by atoms with Crippen molar-refractivity contribution in [2.45, 2.75) is 13.8 Å². The largest absolute Gasteiger partial charge is 0.338 e. The zero-order chi connectivity index (χ0) is 13.9. The molecule has 0 saturated carbocycles. The van der Waals surface area contributed by atoms with Crippen LogP contribution in [0.3, 0.4) is 0 Å². The van der Waals surface area contributed by atoms with Gasteiger partial charge in [-0.15, -0.1) is 0 Å². The summed E-state index contributed by atoms with van der Waals surface area (Å²) in [5.41, 5.74) is 5.32. The Morgan fingerprint density at radius 1 is 0.900 bits per heavy atom. The number of nitrogens with one attached hydrogen (secondary N) is 1. The average Bonchev–Trinajstić information content (AvgIpc) is 2.88. The Kier molecular flexibility index (Phi) is 3.25. The van der Waals surface area contributed by atoms with Crippen LogP contribution in [0.25, 0.3) is 11.3 Å². The smallest absolute Gasteiger partial charge is 0.229 e. The summed E-state index contributed by atoms with van der Waals surface area (Å²) in [5.74, 6) is 0.645. The van der Waals surface area contributed by atoms with Crippen molar-refractivity contribution < 1.29 is 4.52 Å². The minimum atomic E-state index is 0.645. The molecule has 3 nitrogen and oxygen atoms in total. The summed E-state index contributed by atoms with van der Waals surface area (Å²) in [6, 6.07) is 18.3. The van der Waals surface area contributed by atoms with Gasteiger partial charge in [-0.1, -0.05) is 47.1 Å². The molecule has 0 fully saturated rings. The van der Waals surface area contributed by atoms with Crippen LogP contribution in [0.4, 0.5) is 11.6 Å². The molecule has 3 rings (SSSR count). The molecular weight excluding hydrogens is 248 g/mol. The second kappa shape index (κ2) is 5.21. The predicted molar refractivity (Wildman–Crippen MR) is 81.1 cm³/mol. The van der Waals surface area contributed by atoms with E-state index in [0.29, 0.717) is 5.88 Å².